The van der Waals surface area contributed by atoms with E-state index in [1.165, 1.54) is 38.0 Å². The van der Waals surface area contributed by atoms with E-state index < -0.39 is 11.9 Å². The van der Waals surface area contributed by atoms with E-state index in [0.717, 1.165) is 10.0 Å². The lowest BCUT2D eigenvalue weighted by Crippen LogP contribution is -2.41. The Bertz CT molecular complexity index is 714. The van der Waals surface area contributed by atoms with Gasteiger partial charge in [-0.25, -0.2) is 0 Å². The topological polar surface area (TPSA) is 94.2 Å². The maximum atomic E-state index is 12.2. The third kappa shape index (κ3) is 4.61. The van der Waals surface area contributed by atoms with Crippen molar-refractivity contribution in [1.29, 1.82) is 0 Å². The molecule has 1 fully saturated rings. The molecular formula is C16H19BrN2O6S. The van der Waals surface area contributed by atoms with Gasteiger partial charge in [-0.3, -0.25) is 14.4 Å². The zero-order valence-corrected chi connectivity index (χ0v) is 16.9. The summed E-state index contributed by atoms with van der Waals surface area (Å²) in [6.07, 6.45) is 0. The SMILES string of the molecule is COC(=O)CNC(=O)CN1C(=O)CSC1c1cc(OC)c(OC)cc1Br. The number of hydrogen-bond donors (Lipinski definition) is 1. The molecule has 10 heteroatoms. The Morgan fingerprint density at radius 3 is 2.54 bits per heavy atom. The maximum Gasteiger partial charge on any atom is 0.325 e. The molecule has 1 unspecified atom stereocenters. The van der Waals surface area contributed by atoms with Crippen molar-refractivity contribution in [1.82, 2.24) is 10.2 Å². The number of methoxy groups -OCH3 is 3. The minimum absolute atomic E-state index is 0.157. The van der Waals surface area contributed by atoms with Crippen LogP contribution in [0.15, 0.2) is 16.6 Å². The van der Waals surface area contributed by atoms with Crippen molar-refractivity contribution >= 4 is 45.5 Å². The van der Waals surface area contributed by atoms with Gasteiger partial charge in [0, 0.05) is 10.0 Å². The predicted molar refractivity (Wildman–Crippen MR) is 99.2 cm³/mol. The zero-order valence-electron chi connectivity index (χ0n) is 14.5. The normalized spacial score (nSPS) is 16.4. The van der Waals surface area contributed by atoms with Crippen LogP contribution in [0.1, 0.15) is 10.9 Å². The Hall–Kier alpha value is -1.94. The molecule has 2 rings (SSSR count). The van der Waals surface area contributed by atoms with Gasteiger partial charge in [-0.05, 0) is 12.1 Å². The first-order chi connectivity index (χ1) is 12.4. The number of carbonyl (C=O) groups is 3. The Morgan fingerprint density at radius 2 is 1.92 bits per heavy atom. The van der Waals surface area contributed by atoms with E-state index in [1.54, 1.807) is 12.1 Å². The third-order valence-electron chi connectivity index (χ3n) is 3.71. The summed E-state index contributed by atoms with van der Waals surface area (Å²) >= 11 is 4.89. The van der Waals surface area contributed by atoms with Gasteiger partial charge in [-0.1, -0.05) is 15.9 Å². The molecule has 1 aromatic rings. The van der Waals surface area contributed by atoms with Crippen LogP contribution in [0.4, 0.5) is 0 Å². The van der Waals surface area contributed by atoms with E-state index in [2.05, 4.69) is 26.0 Å². The lowest BCUT2D eigenvalue weighted by molar-refractivity contribution is -0.141. The first kappa shape index (κ1) is 20.4. The number of amides is 2. The molecule has 0 saturated carbocycles. The summed E-state index contributed by atoms with van der Waals surface area (Å²) in [4.78, 5) is 36.9. The lowest BCUT2D eigenvalue weighted by Gasteiger charge is -2.25. The molecule has 1 aliphatic heterocycles. The fourth-order valence-electron chi connectivity index (χ4n) is 2.40. The number of ether oxygens (including phenoxy) is 3. The van der Waals surface area contributed by atoms with Crippen LogP contribution in [0.25, 0.3) is 0 Å². The summed E-state index contributed by atoms with van der Waals surface area (Å²) in [7, 11) is 4.30. The molecule has 1 aliphatic rings. The number of carbonyl (C=O) groups excluding carboxylic acids is 3. The van der Waals surface area contributed by atoms with Crippen LogP contribution < -0.4 is 14.8 Å². The summed E-state index contributed by atoms with van der Waals surface area (Å²) in [5, 5.41) is 2.07. The van der Waals surface area contributed by atoms with Crippen LogP contribution in [0.3, 0.4) is 0 Å². The molecule has 1 heterocycles. The molecule has 2 amide bonds. The highest BCUT2D eigenvalue weighted by molar-refractivity contribution is 9.10. The number of hydrogen-bond acceptors (Lipinski definition) is 7. The van der Waals surface area contributed by atoms with E-state index in [4.69, 9.17) is 9.47 Å². The van der Waals surface area contributed by atoms with Crippen molar-refractivity contribution in [3.63, 3.8) is 0 Å². The lowest BCUT2D eigenvalue weighted by atomic mass is 10.1. The van der Waals surface area contributed by atoms with Gasteiger partial charge in [0.25, 0.3) is 0 Å². The van der Waals surface area contributed by atoms with E-state index in [-0.39, 0.29) is 30.1 Å². The largest absolute Gasteiger partial charge is 0.493 e. The smallest absolute Gasteiger partial charge is 0.325 e. The van der Waals surface area contributed by atoms with Crippen LogP contribution in [0, 0.1) is 0 Å². The summed E-state index contributed by atoms with van der Waals surface area (Å²) in [6, 6.07) is 3.53. The second-order valence-corrected chi connectivity index (χ2v) is 7.19. The maximum absolute atomic E-state index is 12.2. The van der Waals surface area contributed by atoms with Crippen molar-refractivity contribution < 1.29 is 28.6 Å². The molecule has 0 spiro atoms. The first-order valence-electron chi connectivity index (χ1n) is 7.57. The van der Waals surface area contributed by atoms with E-state index in [0.29, 0.717) is 11.5 Å². The highest BCUT2D eigenvalue weighted by Crippen LogP contribution is 2.45. The summed E-state index contributed by atoms with van der Waals surface area (Å²) in [5.74, 6) is 0.193. The predicted octanol–water partition coefficient (Wildman–Crippen LogP) is 1.33. The molecule has 0 aliphatic carbocycles. The molecule has 0 radical (unpaired) electrons. The van der Waals surface area contributed by atoms with Crippen molar-refractivity contribution in [2.45, 2.75) is 5.37 Å². The van der Waals surface area contributed by atoms with Gasteiger partial charge in [-0.15, -0.1) is 11.8 Å². The van der Waals surface area contributed by atoms with Crippen molar-refractivity contribution in [3.8, 4) is 11.5 Å². The van der Waals surface area contributed by atoms with E-state index in [1.807, 2.05) is 0 Å². The number of thioether (sulfide) groups is 1. The Kier molecular flexibility index (Phi) is 7.15. The number of esters is 1. The monoisotopic (exact) mass is 446 g/mol. The van der Waals surface area contributed by atoms with Gasteiger partial charge < -0.3 is 24.4 Å². The fourth-order valence-corrected chi connectivity index (χ4v) is 4.30. The molecule has 1 saturated heterocycles. The van der Waals surface area contributed by atoms with Crippen molar-refractivity contribution in [2.75, 3.05) is 40.2 Å². The highest BCUT2D eigenvalue weighted by Gasteiger charge is 2.35. The van der Waals surface area contributed by atoms with Gasteiger partial charge in [0.2, 0.25) is 11.8 Å². The number of rotatable bonds is 7. The molecule has 0 bridgehead atoms. The quantitative estimate of drug-likeness (QED) is 0.631. The zero-order chi connectivity index (χ0) is 19.3. The number of halogens is 1. The highest BCUT2D eigenvalue weighted by atomic mass is 79.9. The second kappa shape index (κ2) is 9.13. The molecule has 142 valence electrons. The van der Waals surface area contributed by atoms with Gasteiger partial charge in [-0.2, -0.15) is 0 Å². The average Bonchev–Trinajstić information content (AvgIpc) is 2.99. The van der Waals surface area contributed by atoms with Gasteiger partial charge in [0.1, 0.15) is 18.5 Å². The first-order valence-corrected chi connectivity index (χ1v) is 9.41. The van der Waals surface area contributed by atoms with Crippen molar-refractivity contribution in [2.24, 2.45) is 0 Å². The Labute approximate surface area is 163 Å². The fraction of sp³-hybridized carbons (Fsp3) is 0.438. The van der Waals surface area contributed by atoms with Gasteiger partial charge >= 0.3 is 5.97 Å². The molecule has 26 heavy (non-hydrogen) atoms. The van der Waals surface area contributed by atoms with Crippen LogP contribution in [0.2, 0.25) is 0 Å². The van der Waals surface area contributed by atoms with Crippen LogP contribution in [0.5, 0.6) is 11.5 Å². The molecule has 1 atom stereocenters. The van der Waals surface area contributed by atoms with Crippen LogP contribution in [-0.2, 0) is 19.1 Å². The van der Waals surface area contributed by atoms with Gasteiger partial charge in [0.15, 0.2) is 11.5 Å². The third-order valence-corrected chi connectivity index (χ3v) is 5.63. The average molecular weight is 447 g/mol. The number of nitrogens with zero attached hydrogens (tertiary/aromatic N) is 1. The molecule has 1 aromatic carbocycles. The minimum atomic E-state index is -0.556. The minimum Gasteiger partial charge on any atom is -0.493 e. The molecule has 8 nitrogen and oxygen atoms in total. The standard InChI is InChI=1S/C16H19BrN2O6S/c1-23-11-4-9(10(17)5-12(11)24-2)16-19(14(21)8-26-16)7-13(20)18-6-15(22)25-3/h4-5,16H,6-8H2,1-3H3,(H,18,20). The molecule has 0 aromatic heterocycles. The number of benzene rings is 1. The van der Waals surface area contributed by atoms with E-state index >= 15 is 0 Å². The van der Waals surface area contributed by atoms with Crippen LogP contribution >= 0.6 is 27.7 Å². The van der Waals surface area contributed by atoms with E-state index in [9.17, 15) is 14.4 Å². The van der Waals surface area contributed by atoms with Crippen molar-refractivity contribution in [3.05, 3.63) is 22.2 Å². The van der Waals surface area contributed by atoms with Gasteiger partial charge in [0.05, 0.1) is 27.1 Å². The molecular weight excluding hydrogens is 428 g/mol. The summed E-state index contributed by atoms with van der Waals surface area (Å²) in [6.45, 7) is -0.399. The molecule has 1 N–H and O–H groups in total. The summed E-state index contributed by atoms with van der Waals surface area (Å²) < 4.78 is 15.8. The second-order valence-electron chi connectivity index (χ2n) is 5.27. The summed E-state index contributed by atoms with van der Waals surface area (Å²) in [5.41, 5.74) is 0.791. The number of nitrogens with one attached hydrogen (secondary N) is 1. The Morgan fingerprint density at radius 1 is 1.27 bits per heavy atom. The Balaban J connectivity index is 2.19. The van der Waals surface area contributed by atoms with Crippen LogP contribution in [-0.4, -0.2) is 62.9 Å².